The highest BCUT2D eigenvalue weighted by Gasteiger charge is 2.11. The van der Waals surface area contributed by atoms with Crippen molar-refractivity contribution < 1.29 is 14.6 Å². The smallest absolute Gasteiger partial charge is 0.239 e. The molecule has 2 rings (SSSR count). The van der Waals surface area contributed by atoms with Crippen LogP contribution in [0.25, 0.3) is 0 Å². The Balaban J connectivity index is 1.88. The normalized spacial score (nSPS) is 10.5. The molecule has 0 saturated heterocycles. The highest BCUT2D eigenvalue weighted by atomic mass is 16.5. The average molecular weight is 372 g/mol. The summed E-state index contributed by atoms with van der Waals surface area (Å²) >= 11 is 0. The molecule has 0 saturated carbocycles. The van der Waals surface area contributed by atoms with Crippen LogP contribution in [-0.2, 0) is 4.79 Å². The van der Waals surface area contributed by atoms with Gasteiger partial charge in [-0.25, -0.2) is 0 Å². The van der Waals surface area contributed by atoms with Gasteiger partial charge in [0.05, 0.1) is 12.4 Å². The van der Waals surface area contributed by atoms with Crippen LogP contribution in [0.4, 0.5) is 5.82 Å². The van der Waals surface area contributed by atoms with Crippen LogP contribution < -0.4 is 9.64 Å². The number of nitrogens with zero attached hydrogens (tertiary/aromatic N) is 4. The molecule has 0 bridgehead atoms. The number of aromatic hydroxyl groups is 1. The largest absolute Gasteiger partial charge is 0.508 e. The number of rotatable bonds is 10. The van der Waals surface area contributed by atoms with E-state index in [4.69, 9.17) is 4.74 Å². The summed E-state index contributed by atoms with van der Waals surface area (Å²) in [5.74, 6) is 1.95. The number of ether oxygens (including phenoxy) is 1. The van der Waals surface area contributed by atoms with Gasteiger partial charge in [-0.2, -0.15) is 4.98 Å². The van der Waals surface area contributed by atoms with E-state index in [2.05, 4.69) is 16.9 Å². The molecule has 2 aromatic rings. The summed E-state index contributed by atoms with van der Waals surface area (Å²) in [6, 6.07) is 6.41. The Morgan fingerprint density at radius 3 is 2.56 bits per heavy atom. The fourth-order valence-electron chi connectivity index (χ4n) is 2.46. The van der Waals surface area contributed by atoms with E-state index >= 15 is 0 Å². The Labute approximate surface area is 160 Å². The summed E-state index contributed by atoms with van der Waals surface area (Å²) in [5.41, 5.74) is 0. The maximum Gasteiger partial charge on any atom is 0.239 e. The molecule has 0 aliphatic rings. The number of benzene rings is 1. The molecular weight excluding hydrogens is 344 g/mol. The van der Waals surface area contributed by atoms with Gasteiger partial charge in [0.25, 0.3) is 0 Å². The van der Waals surface area contributed by atoms with Gasteiger partial charge in [0.2, 0.25) is 11.8 Å². The SMILES string of the molecule is CCCCCC(=O)N(C)CCN(C)c1cncc(Oc2ccc(O)cc2)n1. The molecule has 0 aliphatic heterocycles. The van der Waals surface area contributed by atoms with Crippen LogP contribution in [0.5, 0.6) is 17.4 Å². The van der Waals surface area contributed by atoms with Crippen LogP contribution in [0.1, 0.15) is 32.6 Å². The number of amides is 1. The number of phenols is 1. The topological polar surface area (TPSA) is 78.8 Å². The van der Waals surface area contributed by atoms with E-state index in [9.17, 15) is 9.90 Å². The third-order valence-corrected chi connectivity index (χ3v) is 4.24. The second kappa shape index (κ2) is 10.4. The van der Waals surface area contributed by atoms with Gasteiger partial charge in [-0.1, -0.05) is 19.8 Å². The number of hydrogen-bond donors (Lipinski definition) is 1. The first kappa shape index (κ1) is 20.5. The number of unbranched alkanes of at least 4 members (excludes halogenated alkanes) is 2. The third-order valence-electron chi connectivity index (χ3n) is 4.24. The highest BCUT2D eigenvalue weighted by Crippen LogP contribution is 2.22. The molecule has 7 heteroatoms. The average Bonchev–Trinajstić information content (AvgIpc) is 2.68. The standard InChI is InChI=1S/C20H28N4O3/c1-4-5-6-7-20(26)24(3)13-12-23(2)18-14-21-15-19(22-18)27-17-10-8-16(25)9-11-17/h8-11,14-15,25H,4-7,12-13H2,1-3H3. The second-order valence-electron chi connectivity index (χ2n) is 6.51. The summed E-state index contributed by atoms with van der Waals surface area (Å²) in [6.07, 6.45) is 6.94. The molecule has 0 fully saturated rings. The van der Waals surface area contributed by atoms with Crippen molar-refractivity contribution >= 4 is 11.7 Å². The van der Waals surface area contributed by atoms with Gasteiger partial charge in [0, 0.05) is 33.6 Å². The third kappa shape index (κ3) is 6.77. The van der Waals surface area contributed by atoms with Crippen molar-refractivity contribution in [2.45, 2.75) is 32.6 Å². The van der Waals surface area contributed by atoms with Gasteiger partial charge in [-0.05, 0) is 30.7 Å². The maximum absolute atomic E-state index is 12.1. The zero-order valence-corrected chi connectivity index (χ0v) is 16.3. The molecule has 1 aromatic carbocycles. The highest BCUT2D eigenvalue weighted by molar-refractivity contribution is 5.75. The Hall–Kier alpha value is -2.83. The summed E-state index contributed by atoms with van der Waals surface area (Å²) in [4.78, 5) is 24.4. The molecule has 0 unspecified atom stereocenters. The van der Waals surface area contributed by atoms with Gasteiger partial charge in [0.15, 0.2) is 5.82 Å². The monoisotopic (exact) mass is 372 g/mol. The van der Waals surface area contributed by atoms with Crippen LogP contribution in [0, 0.1) is 0 Å². The number of aromatic nitrogens is 2. The van der Waals surface area contributed by atoms with E-state index in [1.54, 1.807) is 35.4 Å². The summed E-state index contributed by atoms with van der Waals surface area (Å²) in [6.45, 7) is 3.39. The van der Waals surface area contributed by atoms with Crippen LogP contribution in [-0.4, -0.2) is 53.1 Å². The second-order valence-corrected chi connectivity index (χ2v) is 6.51. The number of phenolic OH excluding ortho intramolecular Hbond substituents is 1. The molecular formula is C20H28N4O3. The number of hydrogen-bond acceptors (Lipinski definition) is 6. The lowest BCUT2D eigenvalue weighted by Gasteiger charge is -2.23. The molecule has 1 heterocycles. The lowest BCUT2D eigenvalue weighted by atomic mass is 10.2. The van der Waals surface area contributed by atoms with Crippen molar-refractivity contribution in [3.63, 3.8) is 0 Å². The van der Waals surface area contributed by atoms with E-state index < -0.39 is 0 Å². The van der Waals surface area contributed by atoms with Crippen molar-refractivity contribution in [1.82, 2.24) is 14.9 Å². The first-order valence-corrected chi connectivity index (χ1v) is 9.23. The van der Waals surface area contributed by atoms with Gasteiger partial charge in [-0.3, -0.25) is 9.78 Å². The number of anilines is 1. The van der Waals surface area contributed by atoms with Gasteiger partial charge in [-0.15, -0.1) is 0 Å². The first-order chi connectivity index (χ1) is 13.0. The number of likely N-dealkylation sites (N-methyl/N-ethyl adjacent to an activating group) is 2. The van der Waals surface area contributed by atoms with E-state index in [-0.39, 0.29) is 11.7 Å². The van der Waals surface area contributed by atoms with Crippen LogP contribution in [0.3, 0.4) is 0 Å². The Morgan fingerprint density at radius 1 is 1.11 bits per heavy atom. The van der Waals surface area contributed by atoms with Crippen molar-refractivity contribution in [3.05, 3.63) is 36.7 Å². The number of carbonyl (C=O) groups excluding carboxylic acids is 1. The lowest BCUT2D eigenvalue weighted by molar-refractivity contribution is -0.129. The van der Waals surface area contributed by atoms with Crippen molar-refractivity contribution in [2.75, 3.05) is 32.1 Å². The molecule has 1 amide bonds. The molecule has 1 aromatic heterocycles. The summed E-state index contributed by atoms with van der Waals surface area (Å²) in [5, 5.41) is 9.32. The summed E-state index contributed by atoms with van der Waals surface area (Å²) in [7, 11) is 3.74. The van der Waals surface area contributed by atoms with Crippen LogP contribution >= 0.6 is 0 Å². The van der Waals surface area contributed by atoms with Crippen LogP contribution in [0.15, 0.2) is 36.7 Å². The molecule has 7 nitrogen and oxygen atoms in total. The Bertz CT molecular complexity index is 721. The minimum Gasteiger partial charge on any atom is -0.508 e. The number of carbonyl (C=O) groups is 1. The maximum atomic E-state index is 12.1. The molecule has 0 spiro atoms. The molecule has 0 radical (unpaired) electrons. The summed E-state index contributed by atoms with van der Waals surface area (Å²) < 4.78 is 5.67. The van der Waals surface area contributed by atoms with Gasteiger partial charge in [0.1, 0.15) is 11.5 Å². The Morgan fingerprint density at radius 2 is 1.85 bits per heavy atom. The minimum absolute atomic E-state index is 0.173. The fraction of sp³-hybridized carbons (Fsp3) is 0.450. The van der Waals surface area contributed by atoms with Gasteiger partial charge >= 0.3 is 0 Å². The quantitative estimate of drug-likeness (QED) is 0.644. The van der Waals surface area contributed by atoms with E-state index in [1.807, 2.05) is 19.0 Å². The van der Waals surface area contributed by atoms with E-state index in [1.165, 1.54) is 6.20 Å². The molecule has 0 aliphatic carbocycles. The molecule has 1 N–H and O–H groups in total. The lowest BCUT2D eigenvalue weighted by Crippen LogP contribution is -2.35. The predicted octanol–water partition coefficient (Wildman–Crippen LogP) is 3.45. The zero-order valence-electron chi connectivity index (χ0n) is 16.3. The van der Waals surface area contributed by atoms with Crippen LogP contribution in [0.2, 0.25) is 0 Å². The molecule has 146 valence electrons. The Kier molecular flexibility index (Phi) is 7.85. The first-order valence-electron chi connectivity index (χ1n) is 9.23. The van der Waals surface area contributed by atoms with Crippen molar-refractivity contribution in [3.8, 4) is 17.4 Å². The van der Waals surface area contributed by atoms with E-state index in [0.717, 1.165) is 19.3 Å². The predicted molar refractivity (Wildman–Crippen MR) is 105 cm³/mol. The molecule has 0 atom stereocenters. The zero-order chi connectivity index (χ0) is 19.6. The fourth-order valence-corrected chi connectivity index (χ4v) is 2.46. The van der Waals surface area contributed by atoms with Crippen molar-refractivity contribution in [1.29, 1.82) is 0 Å². The van der Waals surface area contributed by atoms with Gasteiger partial charge < -0.3 is 19.6 Å². The van der Waals surface area contributed by atoms with E-state index in [0.29, 0.717) is 37.0 Å². The molecule has 27 heavy (non-hydrogen) atoms. The minimum atomic E-state index is 0.173. The van der Waals surface area contributed by atoms with Crippen molar-refractivity contribution in [2.24, 2.45) is 0 Å².